The van der Waals surface area contributed by atoms with E-state index in [4.69, 9.17) is 9.76 Å². The van der Waals surface area contributed by atoms with E-state index < -0.39 is 16.9 Å². The van der Waals surface area contributed by atoms with Crippen LogP contribution < -0.4 is 0 Å². The molecule has 1 aromatic rings. The fourth-order valence-corrected chi connectivity index (χ4v) is 1.65. The van der Waals surface area contributed by atoms with E-state index in [9.17, 15) is 14.9 Å². The molecule has 0 unspecified atom stereocenters. The molecule has 0 spiro atoms. The van der Waals surface area contributed by atoms with Crippen LogP contribution in [0, 0.1) is 10.1 Å². The minimum atomic E-state index is -1.02. The first-order valence-electron chi connectivity index (χ1n) is 6.13. The zero-order valence-electron chi connectivity index (χ0n) is 11.7. The Morgan fingerprint density at radius 2 is 2.14 bits per heavy atom. The highest BCUT2D eigenvalue weighted by Crippen LogP contribution is 2.15. The maximum atomic E-state index is 10.9. The first-order valence-corrected chi connectivity index (χ1v) is 6.13. The number of carboxylic acid groups (broad SMARTS) is 1. The van der Waals surface area contributed by atoms with Gasteiger partial charge >= 0.3 is 14.0 Å². The molecular formula is C13H15BN2O5. The highest BCUT2D eigenvalue weighted by molar-refractivity contribution is 6.02. The van der Waals surface area contributed by atoms with Gasteiger partial charge in [-0.1, -0.05) is 12.1 Å². The number of non-ortho nitro benzene ring substituents is 1. The quantitative estimate of drug-likeness (QED) is 0.202. The molecule has 1 rings (SSSR count). The highest BCUT2D eigenvalue weighted by atomic mass is 16.6. The second kappa shape index (κ2) is 7.83. The van der Waals surface area contributed by atoms with Gasteiger partial charge in [-0.25, -0.2) is 4.79 Å². The van der Waals surface area contributed by atoms with Gasteiger partial charge in [0.05, 0.1) is 11.0 Å². The smallest absolute Gasteiger partial charge is 0.331 e. The Labute approximate surface area is 122 Å². The lowest BCUT2D eigenvalue weighted by Gasteiger charge is -2.08. The van der Waals surface area contributed by atoms with Crippen molar-refractivity contribution >= 4 is 26.1 Å². The minimum Gasteiger partial charge on any atom is -0.560 e. The number of rotatable bonds is 7. The van der Waals surface area contributed by atoms with E-state index in [1.165, 1.54) is 39.6 Å². The molecule has 0 radical (unpaired) electrons. The fraction of sp³-hybridized carbons (Fsp3) is 0.231. The van der Waals surface area contributed by atoms with Crippen molar-refractivity contribution in [2.75, 3.05) is 0 Å². The first-order chi connectivity index (χ1) is 9.93. The molecule has 1 N–H and O–H groups in total. The standard InChI is InChI=1S/C13H15BN2O5/c1-9(13(17)18)6-11(15-8-21-14)7-10-2-4-12(5-3-10)16(19)20/h2-6,8,11H,7,14H2,1H3,(H,17,18)/b9-6+,15-8?/t11-/m1/s1. The maximum absolute atomic E-state index is 10.9. The van der Waals surface area contributed by atoms with E-state index in [0.717, 1.165) is 5.56 Å². The van der Waals surface area contributed by atoms with Gasteiger partial charge in [0, 0.05) is 17.7 Å². The Balaban J connectivity index is 2.90. The number of nitro benzene ring substituents is 1. The Hall–Kier alpha value is -2.64. The molecule has 0 bridgehead atoms. The van der Waals surface area contributed by atoms with Gasteiger partial charge in [0.25, 0.3) is 5.69 Å². The van der Waals surface area contributed by atoms with Crippen molar-refractivity contribution in [2.45, 2.75) is 19.4 Å². The van der Waals surface area contributed by atoms with E-state index in [0.29, 0.717) is 6.42 Å². The number of hydrogen-bond donors (Lipinski definition) is 1. The minimum absolute atomic E-state index is 0.00736. The normalized spacial score (nSPS) is 13.1. The van der Waals surface area contributed by atoms with Crippen LogP contribution in [0.1, 0.15) is 12.5 Å². The zero-order valence-corrected chi connectivity index (χ0v) is 11.7. The number of aliphatic imine (C=N–C) groups is 1. The SMILES string of the molecule is BOC=N[C@H](/C=C(\C)C(=O)O)Cc1ccc([N+](=O)[O-])cc1. The molecule has 0 fully saturated rings. The molecule has 7 nitrogen and oxygen atoms in total. The summed E-state index contributed by atoms with van der Waals surface area (Å²) in [6.07, 6.45) is 3.17. The van der Waals surface area contributed by atoms with Gasteiger partial charge in [0.2, 0.25) is 0 Å². The Bertz CT molecular complexity index is 568. The van der Waals surface area contributed by atoms with Crippen molar-refractivity contribution in [3.63, 3.8) is 0 Å². The van der Waals surface area contributed by atoms with Crippen LogP contribution in [-0.4, -0.2) is 36.5 Å². The molecule has 0 amide bonds. The number of carbonyl (C=O) groups is 1. The maximum Gasteiger partial charge on any atom is 0.331 e. The predicted octanol–water partition coefficient (Wildman–Crippen LogP) is 1.13. The van der Waals surface area contributed by atoms with Crippen LogP contribution in [0.25, 0.3) is 0 Å². The summed E-state index contributed by atoms with van der Waals surface area (Å²) in [7, 11) is 1.44. The molecule has 110 valence electrons. The van der Waals surface area contributed by atoms with Crippen LogP contribution in [0.2, 0.25) is 0 Å². The molecule has 21 heavy (non-hydrogen) atoms. The number of hydrogen-bond acceptors (Lipinski definition) is 5. The monoisotopic (exact) mass is 290 g/mol. The van der Waals surface area contributed by atoms with Crippen LogP contribution in [0.3, 0.4) is 0 Å². The van der Waals surface area contributed by atoms with Crippen LogP contribution in [0.15, 0.2) is 40.9 Å². The van der Waals surface area contributed by atoms with E-state index in [2.05, 4.69) is 4.99 Å². The third-order valence-electron chi connectivity index (χ3n) is 2.73. The van der Waals surface area contributed by atoms with Crippen molar-refractivity contribution in [1.29, 1.82) is 0 Å². The Morgan fingerprint density at radius 1 is 1.52 bits per heavy atom. The third kappa shape index (κ3) is 5.47. The molecule has 0 aliphatic rings. The zero-order chi connectivity index (χ0) is 15.8. The summed E-state index contributed by atoms with van der Waals surface area (Å²) in [6, 6.07) is 5.64. The average molecular weight is 290 g/mol. The van der Waals surface area contributed by atoms with Gasteiger partial charge in [-0.15, -0.1) is 0 Å². The largest absolute Gasteiger partial charge is 0.560 e. The van der Waals surface area contributed by atoms with Crippen LogP contribution >= 0.6 is 0 Å². The van der Waals surface area contributed by atoms with Crippen LogP contribution in [-0.2, 0) is 15.9 Å². The van der Waals surface area contributed by atoms with Gasteiger partial charge in [0.15, 0.2) is 6.40 Å². The average Bonchev–Trinajstić information content (AvgIpc) is 2.45. The number of carboxylic acids is 1. The van der Waals surface area contributed by atoms with Crippen molar-refractivity contribution in [2.24, 2.45) is 4.99 Å². The van der Waals surface area contributed by atoms with Crippen molar-refractivity contribution in [1.82, 2.24) is 0 Å². The summed E-state index contributed by atoms with van der Waals surface area (Å²) < 4.78 is 4.74. The van der Waals surface area contributed by atoms with Crippen molar-refractivity contribution in [3.05, 3.63) is 51.6 Å². The molecule has 0 aromatic heterocycles. The van der Waals surface area contributed by atoms with E-state index >= 15 is 0 Å². The van der Waals surface area contributed by atoms with Crippen molar-refractivity contribution in [3.8, 4) is 0 Å². The molecule has 1 atom stereocenters. The summed E-state index contributed by atoms with van der Waals surface area (Å²) in [4.78, 5) is 25.1. The summed E-state index contributed by atoms with van der Waals surface area (Å²) in [5, 5.41) is 19.5. The lowest BCUT2D eigenvalue weighted by atomic mass is 10.0. The molecular weight excluding hydrogens is 275 g/mol. The van der Waals surface area contributed by atoms with Crippen molar-refractivity contribution < 1.29 is 19.5 Å². The summed E-state index contributed by atoms with van der Waals surface area (Å²) in [5.74, 6) is -1.02. The van der Waals surface area contributed by atoms with Crippen LogP contribution in [0.5, 0.6) is 0 Å². The number of benzene rings is 1. The summed E-state index contributed by atoms with van der Waals surface area (Å²) in [6.45, 7) is 1.48. The molecule has 0 saturated carbocycles. The lowest BCUT2D eigenvalue weighted by molar-refractivity contribution is -0.384. The van der Waals surface area contributed by atoms with E-state index in [1.807, 2.05) is 0 Å². The van der Waals surface area contributed by atoms with Gasteiger partial charge in [-0.3, -0.25) is 15.1 Å². The van der Waals surface area contributed by atoms with E-state index in [1.54, 1.807) is 12.1 Å². The fourth-order valence-electron chi connectivity index (χ4n) is 1.65. The van der Waals surface area contributed by atoms with Gasteiger partial charge in [-0.2, -0.15) is 0 Å². The number of nitrogens with zero attached hydrogens (tertiary/aromatic N) is 2. The summed E-state index contributed by atoms with van der Waals surface area (Å²) >= 11 is 0. The third-order valence-corrected chi connectivity index (χ3v) is 2.73. The van der Waals surface area contributed by atoms with Gasteiger partial charge in [-0.05, 0) is 25.0 Å². The number of aliphatic carboxylic acids is 1. The Kier molecular flexibility index (Phi) is 6.13. The topological polar surface area (TPSA) is 102 Å². The molecule has 8 heteroatoms. The molecule has 0 heterocycles. The molecule has 0 aliphatic carbocycles. The molecule has 0 saturated heterocycles. The van der Waals surface area contributed by atoms with E-state index in [-0.39, 0.29) is 11.3 Å². The second-order valence-electron chi connectivity index (χ2n) is 4.34. The van der Waals surface area contributed by atoms with Gasteiger partial charge in [0.1, 0.15) is 0 Å². The Morgan fingerprint density at radius 3 is 2.62 bits per heavy atom. The number of nitro groups is 1. The van der Waals surface area contributed by atoms with Gasteiger partial charge < -0.3 is 9.76 Å². The molecule has 1 aromatic carbocycles. The molecule has 0 aliphatic heterocycles. The van der Waals surface area contributed by atoms with Crippen LogP contribution in [0.4, 0.5) is 5.69 Å². The lowest BCUT2D eigenvalue weighted by Crippen LogP contribution is -2.09. The highest BCUT2D eigenvalue weighted by Gasteiger charge is 2.10. The second-order valence-corrected chi connectivity index (χ2v) is 4.34. The summed E-state index contributed by atoms with van der Waals surface area (Å²) in [5.41, 5.74) is 0.997. The first kappa shape index (κ1) is 16.4. The predicted molar refractivity (Wildman–Crippen MR) is 80.1 cm³/mol.